The average molecular weight is 352 g/mol. The molecular weight excluding hydrogens is 328 g/mol. The van der Waals surface area contributed by atoms with E-state index in [1.54, 1.807) is 19.1 Å². The van der Waals surface area contributed by atoms with Gasteiger partial charge in [0, 0.05) is 31.2 Å². The first-order chi connectivity index (χ1) is 12.6. The zero-order chi connectivity index (χ0) is 18.5. The summed E-state index contributed by atoms with van der Waals surface area (Å²) in [6, 6.07) is 15.6. The number of amides is 1. The van der Waals surface area contributed by atoms with Gasteiger partial charge in [-0.1, -0.05) is 30.3 Å². The highest BCUT2D eigenvalue weighted by molar-refractivity contribution is 5.89. The molecule has 0 unspecified atom stereocenters. The lowest BCUT2D eigenvalue weighted by Gasteiger charge is -2.18. The van der Waals surface area contributed by atoms with E-state index in [0.717, 1.165) is 16.5 Å². The van der Waals surface area contributed by atoms with Crippen LogP contribution in [-0.2, 0) is 18.3 Å². The molecule has 136 valence electrons. The van der Waals surface area contributed by atoms with Crippen LogP contribution in [0, 0.1) is 0 Å². The summed E-state index contributed by atoms with van der Waals surface area (Å²) in [6.45, 7) is 0.930. The van der Waals surface area contributed by atoms with Gasteiger partial charge in [0.15, 0.2) is 11.5 Å². The van der Waals surface area contributed by atoms with Crippen LogP contribution in [0.5, 0.6) is 11.5 Å². The molecular formula is C21H24N2O3. The number of rotatable bonds is 7. The summed E-state index contributed by atoms with van der Waals surface area (Å²) in [7, 11) is 5.42. The first-order valence-corrected chi connectivity index (χ1v) is 8.63. The Balaban J connectivity index is 1.58. The van der Waals surface area contributed by atoms with Crippen molar-refractivity contribution in [2.75, 3.05) is 27.3 Å². The molecule has 3 aromatic rings. The Hall–Kier alpha value is -2.95. The van der Waals surface area contributed by atoms with Crippen LogP contribution in [0.15, 0.2) is 54.7 Å². The number of hydrogen-bond acceptors (Lipinski definition) is 3. The maximum absolute atomic E-state index is 12.6. The molecule has 1 heterocycles. The van der Waals surface area contributed by atoms with E-state index in [0.29, 0.717) is 31.1 Å². The average Bonchev–Trinajstić information content (AvgIpc) is 2.98. The van der Waals surface area contributed by atoms with Crippen LogP contribution in [0.1, 0.15) is 5.56 Å². The van der Waals surface area contributed by atoms with Gasteiger partial charge in [0.25, 0.3) is 0 Å². The van der Waals surface area contributed by atoms with E-state index in [2.05, 4.69) is 16.7 Å². The van der Waals surface area contributed by atoms with E-state index in [4.69, 9.17) is 9.47 Å². The van der Waals surface area contributed by atoms with E-state index in [1.165, 1.54) is 0 Å². The second kappa shape index (κ2) is 7.95. The summed E-state index contributed by atoms with van der Waals surface area (Å²) in [4.78, 5) is 14.3. The topological polar surface area (TPSA) is 43.7 Å². The molecule has 5 nitrogen and oxygen atoms in total. The van der Waals surface area contributed by atoms with Crippen molar-refractivity contribution in [1.29, 1.82) is 0 Å². The van der Waals surface area contributed by atoms with Crippen LogP contribution in [0.4, 0.5) is 0 Å². The summed E-state index contributed by atoms with van der Waals surface area (Å²) in [5, 5.41) is 1.13. The number of carbonyl (C=O) groups is 1. The Kier molecular flexibility index (Phi) is 5.46. The number of aromatic nitrogens is 1. The Labute approximate surface area is 153 Å². The van der Waals surface area contributed by atoms with Crippen LogP contribution in [-0.4, -0.2) is 42.7 Å². The molecule has 1 amide bonds. The van der Waals surface area contributed by atoms with Gasteiger partial charge < -0.3 is 18.9 Å². The molecule has 0 spiro atoms. The minimum Gasteiger partial charge on any atom is -0.493 e. The van der Waals surface area contributed by atoms with Gasteiger partial charge in [0.1, 0.15) is 6.61 Å². The lowest BCUT2D eigenvalue weighted by molar-refractivity contribution is -0.129. The van der Waals surface area contributed by atoms with Gasteiger partial charge in [-0.2, -0.15) is 0 Å². The van der Waals surface area contributed by atoms with Crippen molar-refractivity contribution in [2.45, 2.75) is 6.42 Å². The Morgan fingerprint density at radius 1 is 1.08 bits per heavy atom. The number of carbonyl (C=O) groups excluding carboxylic acids is 1. The standard InChI is InChI=1S/C21H24N2O3/c1-22(12-13-26-20-11-7-6-10-19(20)25-3)21(24)14-16-15-23(2)18-9-5-4-8-17(16)18/h4-11,15H,12-14H2,1-3H3. The number of nitrogens with zero attached hydrogens (tertiary/aromatic N) is 2. The highest BCUT2D eigenvalue weighted by atomic mass is 16.5. The van der Waals surface area contributed by atoms with Gasteiger partial charge in [-0.3, -0.25) is 4.79 Å². The fraction of sp³-hybridized carbons (Fsp3) is 0.286. The lowest BCUT2D eigenvalue weighted by atomic mass is 10.1. The third-order valence-corrected chi connectivity index (χ3v) is 4.50. The third kappa shape index (κ3) is 3.82. The zero-order valence-electron chi connectivity index (χ0n) is 15.4. The Bertz CT molecular complexity index is 901. The molecule has 0 radical (unpaired) electrons. The molecule has 1 aromatic heterocycles. The van der Waals surface area contributed by atoms with Crippen LogP contribution in [0.3, 0.4) is 0 Å². The molecule has 0 saturated carbocycles. The molecule has 5 heteroatoms. The zero-order valence-corrected chi connectivity index (χ0v) is 15.4. The molecule has 0 fully saturated rings. The highest BCUT2D eigenvalue weighted by Gasteiger charge is 2.14. The van der Waals surface area contributed by atoms with Crippen molar-refractivity contribution >= 4 is 16.8 Å². The van der Waals surface area contributed by atoms with Gasteiger partial charge in [-0.15, -0.1) is 0 Å². The third-order valence-electron chi connectivity index (χ3n) is 4.50. The molecule has 0 aliphatic carbocycles. The van der Waals surface area contributed by atoms with Crippen molar-refractivity contribution in [1.82, 2.24) is 9.47 Å². The number of hydrogen-bond donors (Lipinski definition) is 0. The summed E-state index contributed by atoms with van der Waals surface area (Å²) >= 11 is 0. The number of para-hydroxylation sites is 3. The maximum atomic E-state index is 12.6. The monoisotopic (exact) mass is 352 g/mol. The van der Waals surface area contributed by atoms with Crippen molar-refractivity contribution < 1.29 is 14.3 Å². The van der Waals surface area contributed by atoms with Crippen LogP contribution >= 0.6 is 0 Å². The van der Waals surface area contributed by atoms with E-state index in [-0.39, 0.29) is 5.91 Å². The summed E-state index contributed by atoms with van der Waals surface area (Å²) < 4.78 is 13.1. The van der Waals surface area contributed by atoms with Crippen molar-refractivity contribution in [2.24, 2.45) is 7.05 Å². The number of fused-ring (bicyclic) bond motifs is 1. The second-order valence-electron chi connectivity index (χ2n) is 6.27. The first-order valence-electron chi connectivity index (χ1n) is 8.63. The summed E-state index contributed by atoms with van der Waals surface area (Å²) in [5.74, 6) is 1.45. The molecule has 0 saturated heterocycles. The molecule has 0 atom stereocenters. The van der Waals surface area contributed by atoms with Crippen LogP contribution in [0.2, 0.25) is 0 Å². The van der Waals surface area contributed by atoms with Gasteiger partial charge in [0.2, 0.25) is 5.91 Å². The number of aryl methyl sites for hydroxylation is 1. The highest BCUT2D eigenvalue weighted by Crippen LogP contribution is 2.25. The number of ether oxygens (including phenoxy) is 2. The largest absolute Gasteiger partial charge is 0.493 e. The predicted octanol–water partition coefficient (Wildman–Crippen LogP) is 3.27. The van der Waals surface area contributed by atoms with E-state index < -0.39 is 0 Å². The lowest BCUT2D eigenvalue weighted by Crippen LogP contribution is -2.32. The van der Waals surface area contributed by atoms with Crippen LogP contribution < -0.4 is 9.47 Å². The molecule has 2 aromatic carbocycles. The number of benzene rings is 2. The predicted molar refractivity (Wildman–Crippen MR) is 103 cm³/mol. The molecule has 0 aliphatic heterocycles. The summed E-state index contributed by atoms with van der Waals surface area (Å²) in [6.07, 6.45) is 2.41. The van der Waals surface area contributed by atoms with Gasteiger partial charge >= 0.3 is 0 Å². The molecule has 3 rings (SSSR count). The minimum atomic E-state index is 0.0741. The van der Waals surface area contributed by atoms with Crippen molar-refractivity contribution in [3.05, 3.63) is 60.3 Å². The van der Waals surface area contributed by atoms with E-state index in [9.17, 15) is 4.79 Å². The molecule has 0 bridgehead atoms. The first kappa shape index (κ1) is 17.9. The second-order valence-corrected chi connectivity index (χ2v) is 6.27. The van der Waals surface area contributed by atoms with Gasteiger partial charge in [-0.05, 0) is 23.8 Å². The minimum absolute atomic E-state index is 0.0741. The molecule has 26 heavy (non-hydrogen) atoms. The van der Waals surface area contributed by atoms with Gasteiger partial charge in [0.05, 0.1) is 20.1 Å². The molecule has 0 N–H and O–H groups in total. The smallest absolute Gasteiger partial charge is 0.226 e. The number of likely N-dealkylation sites (N-methyl/N-ethyl adjacent to an activating group) is 1. The quantitative estimate of drug-likeness (QED) is 0.655. The SMILES string of the molecule is COc1ccccc1OCCN(C)C(=O)Cc1cn(C)c2ccccc12. The van der Waals surface area contributed by atoms with Crippen LogP contribution in [0.25, 0.3) is 10.9 Å². The van der Waals surface area contributed by atoms with Crippen molar-refractivity contribution in [3.8, 4) is 11.5 Å². The van der Waals surface area contributed by atoms with Crippen molar-refractivity contribution in [3.63, 3.8) is 0 Å². The van der Waals surface area contributed by atoms with E-state index >= 15 is 0 Å². The maximum Gasteiger partial charge on any atom is 0.226 e. The molecule has 0 aliphatic rings. The van der Waals surface area contributed by atoms with E-state index in [1.807, 2.05) is 49.6 Å². The number of methoxy groups -OCH3 is 1. The van der Waals surface area contributed by atoms with Gasteiger partial charge in [-0.25, -0.2) is 0 Å². The Morgan fingerprint density at radius 3 is 2.54 bits per heavy atom. The Morgan fingerprint density at radius 2 is 1.77 bits per heavy atom. The normalized spacial score (nSPS) is 10.7. The summed E-state index contributed by atoms with van der Waals surface area (Å²) in [5.41, 5.74) is 2.18. The fourth-order valence-corrected chi connectivity index (χ4v) is 3.02. The fourth-order valence-electron chi connectivity index (χ4n) is 3.02.